The van der Waals surface area contributed by atoms with Crippen LogP contribution in [-0.2, 0) is 17.9 Å². The van der Waals surface area contributed by atoms with E-state index < -0.39 is 8.07 Å². The van der Waals surface area contributed by atoms with E-state index in [4.69, 9.17) is 9.97 Å². The lowest BCUT2D eigenvalue weighted by molar-refractivity contribution is 0.446. The van der Waals surface area contributed by atoms with Gasteiger partial charge in [-0.15, -0.1) is 0 Å². The third-order valence-corrected chi connectivity index (χ3v) is 10.1. The highest BCUT2D eigenvalue weighted by Gasteiger charge is 2.27. The zero-order chi connectivity index (χ0) is 29.9. The number of fused-ring (bicyclic) bond motifs is 1. The van der Waals surface area contributed by atoms with Gasteiger partial charge in [0.2, 0.25) is 0 Å². The van der Waals surface area contributed by atoms with Crippen LogP contribution in [0.5, 0.6) is 5.75 Å². The molecule has 0 aliphatic rings. The first-order valence-electron chi connectivity index (χ1n) is 14.5. The summed E-state index contributed by atoms with van der Waals surface area (Å²) in [5, 5.41) is 13.0. The number of benzene rings is 3. The third kappa shape index (κ3) is 5.48. The smallest absolute Gasteiger partial charge is 0.144 e. The normalized spacial score (nSPS) is 12.7. The highest BCUT2D eigenvalue weighted by atomic mass is 28.3. The number of para-hydroxylation sites is 1. The predicted molar refractivity (Wildman–Crippen MR) is 177 cm³/mol. The molecule has 2 heterocycles. The summed E-state index contributed by atoms with van der Waals surface area (Å²) in [6, 6.07) is 23.6. The van der Waals surface area contributed by atoms with Crippen LogP contribution in [0.15, 0.2) is 72.9 Å². The molecule has 0 aliphatic carbocycles. The van der Waals surface area contributed by atoms with Gasteiger partial charge in [0, 0.05) is 29.9 Å². The Labute approximate surface area is 246 Å². The Hall–Kier alpha value is -3.70. The summed E-state index contributed by atoms with van der Waals surface area (Å²) in [5.74, 6) is 1.07. The van der Waals surface area contributed by atoms with E-state index >= 15 is 0 Å². The van der Waals surface area contributed by atoms with Crippen LogP contribution in [0.3, 0.4) is 0 Å². The van der Waals surface area contributed by atoms with Crippen molar-refractivity contribution < 1.29 is 5.11 Å². The van der Waals surface area contributed by atoms with Gasteiger partial charge in [-0.05, 0) is 52.3 Å². The number of aromatic hydroxyl groups is 1. The number of rotatable bonds is 4. The van der Waals surface area contributed by atoms with Gasteiger partial charge in [-0.2, -0.15) is 0 Å². The topological polar surface area (TPSA) is 50.9 Å². The second-order valence-electron chi connectivity index (χ2n) is 14.3. The van der Waals surface area contributed by atoms with Crippen LogP contribution in [0.25, 0.3) is 44.8 Å². The van der Waals surface area contributed by atoms with Gasteiger partial charge in [-0.1, -0.05) is 103 Å². The zero-order valence-corrected chi connectivity index (χ0v) is 27.2. The van der Waals surface area contributed by atoms with Crippen molar-refractivity contribution in [3.05, 3.63) is 84.1 Å². The maximum Gasteiger partial charge on any atom is 0.144 e. The maximum absolute atomic E-state index is 11.6. The van der Waals surface area contributed by atoms with Crippen LogP contribution >= 0.6 is 0 Å². The number of nitrogens with zero attached hydrogens (tertiary/aromatic N) is 3. The Morgan fingerprint density at radius 2 is 1.44 bits per heavy atom. The number of aromatic nitrogens is 3. The Bertz CT molecular complexity index is 1760. The van der Waals surface area contributed by atoms with Crippen LogP contribution in [-0.4, -0.2) is 27.7 Å². The fraction of sp³-hybridized carbons (Fsp3) is 0.333. The summed E-state index contributed by atoms with van der Waals surface area (Å²) >= 11 is 0. The molecule has 0 fully saturated rings. The molecule has 0 atom stereocenters. The van der Waals surface area contributed by atoms with E-state index in [0.29, 0.717) is 5.75 Å². The molecule has 212 valence electrons. The number of imidazole rings is 1. The van der Waals surface area contributed by atoms with Crippen LogP contribution < -0.4 is 5.19 Å². The van der Waals surface area contributed by atoms with Crippen molar-refractivity contribution in [2.75, 3.05) is 0 Å². The summed E-state index contributed by atoms with van der Waals surface area (Å²) < 4.78 is 2.11. The van der Waals surface area contributed by atoms with Crippen LogP contribution in [0, 0.1) is 0 Å². The molecule has 0 bridgehead atoms. The Balaban J connectivity index is 1.69. The quantitative estimate of drug-likeness (QED) is 0.223. The van der Waals surface area contributed by atoms with Gasteiger partial charge in [-0.25, -0.2) is 4.98 Å². The van der Waals surface area contributed by atoms with Crippen molar-refractivity contribution in [3.63, 3.8) is 0 Å². The van der Waals surface area contributed by atoms with Crippen LogP contribution in [0.4, 0.5) is 0 Å². The number of pyridine rings is 1. The Kier molecular flexibility index (Phi) is 7.02. The molecule has 4 nitrogen and oxygen atoms in total. The van der Waals surface area contributed by atoms with Crippen molar-refractivity contribution in [2.24, 2.45) is 7.05 Å². The standard InChI is InChI=1S/C36H43N3OSi/c1-35(2,3)25-20-28(33(40)29(21-25)36(4,5)6)34-38-32-27(15-12-16-31(32)39(34)7)23-13-11-14-24(19-23)30-22-26(17-18-37-30)41(8,9)10/h11-22,40H,1-10H3. The number of aryl methyl sites for hydroxylation is 1. The molecule has 5 rings (SSSR count). The molecule has 1 N–H and O–H groups in total. The summed E-state index contributed by atoms with van der Waals surface area (Å²) in [6.45, 7) is 20.2. The Morgan fingerprint density at radius 1 is 0.756 bits per heavy atom. The molecule has 5 heteroatoms. The van der Waals surface area contributed by atoms with E-state index in [1.54, 1.807) is 0 Å². The summed E-state index contributed by atoms with van der Waals surface area (Å²) in [5.41, 5.74) is 8.82. The molecule has 0 saturated heterocycles. The number of hydrogen-bond acceptors (Lipinski definition) is 3. The van der Waals surface area contributed by atoms with E-state index in [1.807, 2.05) is 13.2 Å². The van der Waals surface area contributed by atoms with Crippen molar-refractivity contribution in [1.82, 2.24) is 14.5 Å². The molecule has 5 aromatic rings. The van der Waals surface area contributed by atoms with E-state index in [2.05, 4.69) is 132 Å². The maximum atomic E-state index is 11.6. The van der Waals surface area contributed by atoms with Gasteiger partial charge in [0.15, 0.2) is 0 Å². The average molecular weight is 562 g/mol. The largest absolute Gasteiger partial charge is 0.507 e. The first-order chi connectivity index (χ1) is 19.1. The Morgan fingerprint density at radius 3 is 2.10 bits per heavy atom. The number of hydrogen-bond donors (Lipinski definition) is 1. The number of phenolic OH excluding ortho intramolecular Hbond substituents is 1. The highest BCUT2D eigenvalue weighted by molar-refractivity contribution is 6.88. The lowest BCUT2D eigenvalue weighted by Gasteiger charge is -2.27. The first kappa shape index (κ1) is 28.8. The van der Waals surface area contributed by atoms with Crippen LogP contribution in [0.1, 0.15) is 52.7 Å². The minimum Gasteiger partial charge on any atom is -0.507 e. The van der Waals surface area contributed by atoms with Gasteiger partial charge < -0.3 is 9.67 Å². The van der Waals surface area contributed by atoms with Gasteiger partial charge in [0.1, 0.15) is 11.6 Å². The molecule has 2 aromatic heterocycles. The van der Waals surface area contributed by atoms with Gasteiger partial charge in [0.25, 0.3) is 0 Å². The minimum absolute atomic E-state index is 0.0700. The summed E-state index contributed by atoms with van der Waals surface area (Å²) in [7, 11) is 0.581. The molecule has 41 heavy (non-hydrogen) atoms. The predicted octanol–water partition coefficient (Wildman–Crippen LogP) is 8.82. The third-order valence-electron chi connectivity index (χ3n) is 8.03. The average Bonchev–Trinajstić information content (AvgIpc) is 3.23. The molecular formula is C36H43N3OSi. The first-order valence-corrected chi connectivity index (χ1v) is 18.0. The zero-order valence-electron chi connectivity index (χ0n) is 26.2. The molecule has 3 aromatic carbocycles. The monoisotopic (exact) mass is 561 g/mol. The molecule has 0 amide bonds. The summed E-state index contributed by atoms with van der Waals surface area (Å²) in [4.78, 5) is 9.93. The molecule has 0 spiro atoms. The van der Waals surface area contributed by atoms with Crippen molar-refractivity contribution in [2.45, 2.75) is 72.0 Å². The second kappa shape index (κ2) is 9.99. The minimum atomic E-state index is -1.46. The van der Waals surface area contributed by atoms with Crippen molar-refractivity contribution in [3.8, 4) is 39.5 Å². The summed E-state index contributed by atoms with van der Waals surface area (Å²) in [6.07, 6.45) is 1.94. The van der Waals surface area contributed by atoms with Gasteiger partial charge in [-0.3, -0.25) is 4.98 Å². The molecule has 0 saturated carbocycles. The van der Waals surface area contributed by atoms with E-state index in [0.717, 1.165) is 50.4 Å². The fourth-order valence-electron chi connectivity index (χ4n) is 5.40. The van der Waals surface area contributed by atoms with E-state index in [9.17, 15) is 5.11 Å². The molecule has 0 radical (unpaired) electrons. The van der Waals surface area contributed by atoms with E-state index in [-0.39, 0.29) is 10.8 Å². The lowest BCUT2D eigenvalue weighted by atomic mass is 9.79. The molecule has 0 unspecified atom stereocenters. The van der Waals surface area contributed by atoms with Crippen LogP contribution in [0.2, 0.25) is 19.6 Å². The molecule has 0 aliphatic heterocycles. The lowest BCUT2D eigenvalue weighted by Crippen LogP contribution is -2.37. The highest BCUT2D eigenvalue weighted by Crippen LogP contribution is 2.43. The van der Waals surface area contributed by atoms with Gasteiger partial charge >= 0.3 is 0 Å². The number of phenols is 1. The van der Waals surface area contributed by atoms with E-state index in [1.165, 1.54) is 10.8 Å². The molecular weight excluding hydrogens is 519 g/mol. The fourth-order valence-corrected chi connectivity index (χ4v) is 6.54. The van der Waals surface area contributed by atoms with Crippen molar-refractivity contribution in [1.29, 1.82) is 0 Å². The van der Waals surface area contributed by atoms with Crippen molar-refractivity contribution >= 4 is 24.3 Å². The second-order valence-corrected chi connectivity index (χ2v) is 19.4. The SMILES string of the molecule is Cn1c(-c2cc(C(C)(C)C)cc(C(C)(C)C)c2O)nc2c(-c3cccc(-c4cc([Si](C)(C)C)ccn4)c3)cccc21. The van der Waals surface area contributed by atoms with Gasteiger partial charge in [0.05, 0.1) is 30.4 Å².